The molecule has 1 aliphatic rings. The van der Waals surface area contributed by atoms with Gasteiger partial charge in [0.2, 0.25) is 0 Å². The highest BCUT2D eigenvalue weighted by atomic mass is 35.5. The van der Waals surface area contributed by atoms with Crippen molar-refractivity contribution in [1.82, 2.24) is 4.90 Å². The Bertz CT molecular complexity index is 1030. The molecule has 1 unspecified atom stereocenters. The summed E-state index contributed by atoms with van der Waals surface area (Å²) < 4.78 is 0. The first kappa shape index (κ1) is 19.7. The number of thiophene rings is 1. The zero-order chi connectivity index (χ0) is 20.2. The Morgan fingerprint density at radius 3 is 2.72 bits per heavy atom. The van der Waals surface area contributed by atoms with Crippen molar-refractivity contribution in [3.8, 4) is 0 Å². The van der Waals surface area contributed by atoms with Gasteiger partial charge in [-0.2, -0.15) is 0 Å². The molecule has 4 nitrogen and oxygen atoms in total. The number of carbonyl (C=O) groups is 1. The summed E-state index contributed by atoms with van der Waals surface area (Å²) in [4.78, 5) is 21.3. The Morgan fingerprint density at radius 2 is 1.97 bits per heavy atom. The monoisotopic (exact) mass is 424 g/mol. The molecular weight excluding hydrogens is 404 g/mol. The van der Waals surface area contributed by atoms with Gasteiger partial charge in [-0.05, 0) is 35.6 Å². The number of oxime groups is 1. The van der Waals surface area contributed by atoms with Crippen molar-refractivity contribution in [3.63, 3.8) is 0 Å². The second-order valence-electron chi connectivity index (χ2n) is 7.04. The third-order valence-corrected chi connectivity index (χ3v) is 6.18. The Kier molecular flexibility index (Phi) is 5.97. The van der Waals surface area contributed by atoms with E-state index in [1.807, 2.05) is 53.9 Å². The molecule has 29 heavy (non-hydrogen) atoms. The molecule has 0 radical (unpaired) electrons. The van der Waals surface area contributed by atoms with E-state index in [1.165, 1.54) is 11.3 Å². The second kappa shape index (κ2) is 8.80. The van der Waals surface area contributed by atoms with E-state index in [9.17, 15) is 4.79 Å². The number of amides is 1. The van der Waals surface area contributed by atoms with E-state index in [4.69, 9.17) is 16.4 Å². The number of carbonyl (C=O) groups excluding carboxylic acids is 1. The number of halogens is 1. The molecule has 1 amide bonds. The molecule has 0 N–H and O–H groups in total. The minimum absolute atomic E-state index is 0.0205. The maximum absolute atomic E-state index is 13.1. The van der Waals surface area contributed by atoms with Gasteiger partial charge in [0.05, 0.1) is 17.1 Å². The molecule has 0 fully saturated rings. The van der Waals surface area contributed by atoms with Crippen LogP contribution in [-0.4, -0.2) is 29.2 Å². The summed E-state index contributed by atoms with van der Waals surface area (Å²) in [5.41, 5.74) is 4.10. The molecule has 0 bridgehead atoms. The lowest BCUT2D eigenvalue weighted by atomic mass is 10.00. The van der Waals surface area contributed by atoms with Crippen LogP contribution in [0, 0.1) is 6.92 Å². The minimum atomic E-state index is -0.184. The van der Waals surface area contributed by atoms with Crippen LogP contribution in [0.3, 0.4) is 0 Å². The van der Waals surface area contributed by atoms with Gasteiger partial charge in [-0.3, -0.25) is 4.79 Å². The highest BCUT2D eigenvalue weighted by Crippen LogP contribution is 2.24. The third-order valence-electron chi connectivity index (χ3n) is 4.95. The number of aryl methyl sites for hydroxylation is 1. The predicted octanol–water partition coefficient (Wildman–Crippen LogP) is 5.55. The summed E-state index contributed by atoms with van der Waals surface area (Å²) in [6.07, 6.45) is 0.484. The zero-order valence-corrected chi connectivity index (χ0v) is 17.6. The van der Waals surface area contributed by atoms with Gasteiger partial charge in [0, 0.05) is 23.6 Å². The largest absolute Gasteiger partial charge is 0.390 e. The van der Waals surface area contributed by atoms with E-state index in [0.717, 1.165) is 22.4 Å². The molecule has 0 saturated heterocycles. The van der Waals surface area contributed by atoms with Crippen LogP contribution in [0.2, 0.25) is 5.02 Å². The van der Waals surface area contributed by atoms with Crippen molar-refractivity contribution in [2.24, 2.45) is 5.16 Å². The van der Waals surface area contributed by atoms with Crippen LogP contribution in [-0.2, 0) is 11.4 Å². The molecule has 6 heteroatoms. The van der Waals surface area contributed by atoms with Gasteiger partial charge in [0.15, 0.2) is 6.10 Å². The van der Waals surface area contributed by atoms with E-state index in [-0.39, 0.29) is 12.0 Å². The van der Waals surface area contributed by atoms with Crippen molar-refractivity contribution in [3.05, 3.63) is 92.6 Å². The number of rotatable bonds is 6. The fourth-order valence-electron chi connectivity index (χ4n) is 3.44. The van der Waals surface area contributed by atoms with Crippen molar-refractivity contribution < 1.29 is 9.63 Å². The lowest BCUT2D eigenvalue weighted by Crippen LogP contribution is -2.37. The van der Waals surface area contributed by atoms with Gasteiger partial charge in [-0.25, -0.2) is 0 Å². The normalized spacial score (nSPS) is 15.7. The first-order valence-electron chi connectivity index (χ1n) is 9.46. The van der Waals surface area contributed by atoms with Gasteiger partial charge < -0.3 is 9.74 Å². The first-order valence-corrected chi connectivity index (χ1v) is 10.7. The van der Waals surface area contributed by atoms with Crippen LogP contribution < -0.4 is 0 Å². The lowest BCUT2D eigenvalue weighted by molar-refractivity contribution is 0.0408. The molecule has 1 aromatic heterocycles. The minimum Gasteiger partial charge on any atom is -0.390 e. The van der Waals surface area contributed by atoms with E-state index in [0.29, 0.717) is 29.4 Å². The summed E-state index contributed by atoms with van der Waals surface area (Å²) in [5.74, 6) is -0.0205. The molecule has 1 atom stereocenters. The molecule has 148 valence electrons. The van der Waals surface area contributed by atoms with Crippen LogP contribution in [0.4, 0.5) is 0 Å². The number of benzene rings is 2. The van der Waals surface area contributed by atoms with Crippen LogP contribution in [0.25, 0.3) is 0 Å². The topological polar surface area (TPSA) is 41.9 Å². The SMILES string of the molecule is Cc1ccccc1C1=NOC(CN(Cc2ccccc2Cl)C(=O)c2cccs2)C1. The van der Waals surface area contributed by atoms with E-state index < -0.39 is 0 Å². The van der Waals surface area contributed by atoms with Crippen molar-refractivity contribution in [2.45, 2.75) is 26.0 Å². The molecule has 4 rings (SSSR count). The summed E-state index contributed by atoms with van der Waals surface area (Å²) in [6.45, 7) is 2.94. The highest BCUT2D eigenvalue weighted by molar-refractivity contribution is 7.12. The molecule has 1 aliphatic heterocycles. The van der Waals surface area contributed by atoms with E-state index in [2.05, 4.69) is 24.2 Å². The molecule has 2 aromatic carbocycles. The van der Waals surface area contributed by atoms with Gasteiger partial charge in [-0.1, -0.05) is 65.3 Å². The molecule has 3 aromatic rings. The van der Waals surface area contributed by atoms with Crippen LogP contribution in [0.15, 0.2) is 71.2 Å². The predicted molar refractivity (Wildman–Crippen MR) is 118 cm³/mol. The number of nitrogens with zero attached hydrogens (tertiary/aromatic N) is 2. The number of hydrogen-bond acceptors (Lipinski definition) is 4. The van der Waals surface area contributed by atoms with Gasteiger partial charge >= 0.3 is 0 Å². The average Bonchev–Trinajstić information content (AvgIpc) is 3.41. The summed E-state index contributed by atoms with van der Waals surface area (Å²) in [6, 6.07) is 19.5. The van der Waals surface area contributed by atoms with E-state index >= 15 is 0 Å². The molecule has 0 saturated carbocycles. The Hall–Kier alpha value is -2.63. The summed E-state index contributed by atoms with van der Waals surface area (Å²) >= 11 is 7.78. The van der Waals surface area contributed by atoms with E-state index in [1.54, 1.807) is 4.90 Å². The second-order valence-corrected chi connectivity index (χ2v) is 8.39. The lowest BCUT2D eigenvalue weighted by Gasteiger charge is -2.25. The van der Waals surface area contributed by atoms with Crippen molar-refractivity contribution in [1.29, 1.82) is 0 Å². The smallest absolute Gasteiger partial charge is 0.264 e. The average molecular weight is 425 g/mol. The standard InChI is InChI=1S/C23H21ClN2O2S/c1-16-7-2-4-9-19(16)21-13-18(28-25-21)15-26(23(27)22-11-6-12-29-22)14-17-8-3-5-10-20(17)24/h2-12,18H,13-15H2,1H3. The Balaban J connectivity index is 1.51. The fourth-order valence-corrected chi connectivity index (χ4v) is 4.32. The summed E-state index contributed by atoms with van der Waals surface area (Å²) in [5, 5.41) is 6.87. The van der Waals surface area contributed by atoms with Gasteiger partial charge in [0.25, 0.3) is 5.91 Å². The maximum atomic E-state index is 13.1. The third kappa shape index (κ3) is 4.52. The zero-order valence-electron chi connectivity index (χ0n) is 16.0. The van der Waals surface area contributed by atoms with Gasteiger partial charge in [-0.15, -0.1) is 11.3 Å². The fraction of sp³-hybridized carbons (Fsp3) is 0.217. The Labute approximate surface area is 179 Å². The van der Waals surface area contributed by atoms with Crippen LogP contribution in [0.1, 0.15) is 32.8 Å². The van der Waals surface area contributed by atoms with Gasteiger partial charge in [0.1, 0.15) is 0 Å². The van der Waals surface area contributed by atoms with Crippen molar-refractivity contribution in [2.75, 3.05) is 6.54 Å². The molecular formula is C23H21ClN2O2S. The summed E-state index contributed by atoms with van der Waals surface area (Å²) in [7, 11) is 0. The highest BCUT2D eigenvalue weighted by Gasteiger charge is 2.28. The quantitative estimate of drug-likeness (QED) is 0.520. The molecule has 0 spiro atoms. The Morgan fingerprint density at radius 1 is 1.17 bits per heavy atom. The van der Waals surface area contributed by atoms with Crippen LogP contribution >= 0.6 is 22.9 Å². The number of hydrogen-bond donors (Lipinski definition) is 0. The van der Waals surface area contributed by atoms with Crippen LogP contribution in [0.5, 0.6) is 0 Å². The maximum Gasteiger partial charge on any atom is 0.264 e. The first-order chi connectivity index (χ1) is 14.1. The molecule has 0 aliphatic carbocycles. The van der Waals surface area contributed by atoms with Crippen molar-refractivity contribution >= 4 is 34.6 Å². The molecule has 2 heterocycles.